The van der Waals surface area contributed by atoms with E-state index in [-0.39, 0.29) is 11.4 Å². The summed E-state index contributed by atoms with van der Waals surface area (Å²) in [4.78, 5) is 2.50. The summed E-state index contributed by atoms with van der Waals surface area (Å²) in [7, 11) is 0. The molecular formula is C8H6F3N3O. The monoisotopic (exact) mass is 217 g/mol. The third kappa shape index (κ3) is 4.24. The lowest BCUT2D eigenvalue weighted by atomic mass is 10.3. The van der Waals surface area contributed by atoms with Crippen LogP contribution in [-0.4, -0.2) is 12.8 Å². The molecule has 0 aromatic heterocycles. The summed E-state index contributed by atoms with van der Waals surface area (Å²) in [6.07, 6.45) is -4.38. The Labute approximate surface area is 82.9 Å². The van der Waals surface area contributed by atoms with Crippen molar-refractivity contribution >= 4 is 5.69 Å². The van der Waals surface area contributed by atoms with E-state index >= 15 is 0 Å². The molecule has 0 saturated carbocycles. The molecule has 1 aromatic rings. The van der Waals surface area contributed by atoms with E-state index in [1.165, 1.54) is 24.3 Å². The average Bonchev–Trinajstić information content (AvgIpc) is 2.15. The highest BCUT2D eigenvalue weighted by atomic mass is 19.4. The van der Waals surface area contributed by atoms with Gasteiger partial charge in [-0.25, -0.2) is 0 Å². The Kier molecular flexibility index (Phi) is 3.41. The van der Waals surface area contributed by atoms with E-state index < -0.39 is 12.8 Å². The molecule has 0 heterocycles. The molecule has 0 amide bonds. The third-order valence-corrected chi connectivity index (χ3v) is 1.38. The number of hydrogen-bond donors (Lipinski definition) is 0. The van der Waals surface area contributed by atoms with Crippen molar-refractivity contribution in [2.45, 2.75) is 6.18 Å². The standard InChI is InChI=1S/C8H6F3N3O/c9-8(10,11)5-15-7-3-1-2-6(4-7)13-14-12/h1-4H,5H2. The van der Waals surface area contributed by atoms with Crippen molar-refractivity contribution < 1.29 is 17.9 Å². The molecular weight excluding hydrogens is 211 g/mol. The second kappa shape index (κ2) is 4.56. The first-order chi connectivity index (χ1) is 7.01. The quantitative estimate of drug-likeness (QED) is 0.433. The number of alkyl halides is 3. The molecule has 0 atom stereocenters. The van der Waals surface area contributed by atoms with Gasteiger partial charge < -0.3 is 4.74 Å². The first-order valence-corrected chi connectivity index (χ1v) is 3.86. The maximum Gasteiger partial charge on any atom is 0.422 e. The number of ether oxygens (including phenoxy) is 1. The second-order valence-electron chi connectivity index (χ2n) is 2.59. The molecule has 0 aliphatic rings. The van der Waals surface area contributed by atoms with Crippen LogP contribution in [0.1, 0.15) is 0 Å². The van der Waals surface area contributed by atoms with E-state index in [0.29, 0.717) is 0 Å². The zero-order chi connectivity index (χ0) is 11.3. The summed E-state index contributed by atoms with van der Waals surface area (Å²) >= 11 is 0. The van der Waals surface area contributed by atoms with Crippen molar-refractivity contribution in [3.05, 3.63) is 34.7 Å². The Morgan fingerprint density at radius 1 is 1.40 bits per heavy atom. The van der Waals surface area contributed by atoms with Crippen LogP contribution in [0.3, 0.4) is 0 Å². The Bertz CT molecular complexity index is 385. The molecule has 4 nitrogen and oxygen atoms in total. The van der Waals surface area contributed by atoms with Gasteiger partial charge in [0, 0.05) is 10.6 Å². The van der Waals surface area contributed by atoms with Crippen LogP contribution >= 0.6 is 0 Å². The van der Waals surface area contributed by atoms with Gasteiger partial charge in [0.25, 0.3) is 0 Å². The van der Waals surface area contributed by atoms with Crippen LogP contribution in [0, 0.1) is 0 Å². The summed E-state index contributed by atoms with van der Waals surface area (Å²) in [6.45, 7) is -1.37. The molecule has 15 heavy (non-hydrogen) atoms. The first-order valence-electron chi connectivity index (χ1n) is 3.86. The third-order valence-electron chi connectivity index (χ3n) is 1.38. The van der Waals surface area contributed by atoms with Gasteiger partial charge >= 0.3 is 6.18 Å². The molecule has 0 aliphatic carbocycles. The van der Waals surface area contributed by atoms with E-state index in [1.807, 2.05) is 0 Å². The van der Waals surface area contributed by atoms with Crippen molar-refractivity contribution in [3.63, 3.8) is 0 Å². The molecule has 80 valence electrons. The van der Waals surface area contributed by atoms with Crippen molar-refractivity contribution in [1.29, 1.82) is 0 Å². The molecule has 0 fully saturated rings. The number of azide groups is 1. The van der Waals surface area contributed by atoms with Crippen LogP contribution < -0.4 is 4.74 Å². The zero-order valence-electron chi connectivity index (χ0n) is 7.40. The fraction of sp³-hybridized carbons (Fsp3) is 0.250. The van der Waals surface area contributed by atoms with Crippen LogP contribution in [0.15, 0.2) is 29.4 Å². The molecule has 1 aromatic carbocycles. The lowest BCUT2D eigenvalue weighted by molar-refractivity contribution is -0.153. The first kappa shape index (κ1) is 11.2. The van der Waals surface area contributed by atoms with Gasteiger partial charge in [-0.15, -0.1) is 0 Å². The van der Waals surface area contributed by atoms with E-state index in [2.05, 4.69) is 14.8 Å². The lowest BCUT2D eigenvalue weighted by Gasteiger charge is -2.08. The summed E-state index contributed by atoms with van der Waals surface area (Å²) in [6, 6.07) is 5.48. The highest BCUT2D eigenvalue weighted by molar-refractivity contribution is 5.42. The molecule has 0 radical (unpaired) electrons. The molecule has 0 bridgehead atoms. The fourth-order valence-corrected chi connectivity index (χ4v) is 0.852. The van der Waals surface area contributed by atoms with E-state index in [0.717, 1.165) is 0 Å². The summed E-state index contributed by atoms with van der Waals surface area (Å²) in [5.41, 5.74) is 8.31. The van der Waals surface area contributed by atoms with E-state index in [1.54, 1.807) is 0 Å². The predicted molar refractivity (Wildman–Crippen MR) is 46.8 cm³/mol. The number of benzene rings is 1. The van der Waals surface area contributed by atoms with E-state index in [9.17, 15) is 13.2 Å². The van der Waals surface area contributed by atoms with Gasteiger partial charge in [-0.1, -0.05) is 17.2 Å². The van der Waals surface area contributed by atoms with Gasteiger partial charge in [-0.3, -0.25) is 0 Å². The Morgan fingerprint density at radius 2 is 2.13 bits per heavy atom. The molecule has 0 N–H and O–H groups in total. The van der Waals surface area contributed by atoms with Crippen LogP contribution in [0.4, 0.5) is 18.9 Å². The van der Waals surface area contributed by atoms with Crippen LogP contribution in [0.25, 0.3) is 10.4 Å². The largest absolute Gasteiger partial charge is 0.484 e. The number of hydrogen-bond acceptors (Lipinski definition) is 2. The van der Waals surface area contributed by atoms with Crippen LogP contribution in [0.2, 0.25) is 0 Å². The lowest BCUT2D eigenvalue weighted by Crippen LogP contribution is -2.19. The van der Waals surface area contributed by atoms with Crippen molar-refractivity contribution in [2.75, 3.05) is 6.61 Å². The Morgan fingerprint density at radius 3 is 2.73 bits per heavy atom. The number of rotatable bonds is 3. The maximum absolute atomic E-state index is 11.8. The van der Waals surface area contributed by atoms with Crippen molar-refractivity contribution in [1.82, 2.24) is 0 Å². The maximum atomic E-state index is 11.8. The topological polar surface area (TPSA) is 58.0 Å². The second-order valence-corrected chi connectivity index (χ2v) is 2.59. The van der Waals surface area contributed by atoms with Gasteiger partial charge in [0.05, 0.1) is 0 Å². The number of halogens is 3. The zero-order valence-corrected chi connectivity index (χ0v) is 7.40. The minimum Gasteiger partial charge on any atom is -0.484 e. The van der Waals surface area contributed by atoms with Gasteiger partial charge in [-0.2, -0.15) is 13.2 Å². The van der Waals surface area contributed by atoms with Gasteiger partial charge in [0.1, 0.15) is 5.75 Å². The Balaban J connectivity index is 2.70. The molecule has 1 rings (SSSR count). The number of nitrogens with zero attached hydrogens (tertiary/aromatic N) is 3. The molecule has 7 heteroatoms. The molecule has 0 aliphatic heterocycles. The van der Waals surface area contributed by atoms with Gasteiger partial charge in [0.15, 0.2) is 6.61 Å². The summed E-state index contributed by atoms with van der Waals surface area (Å²) < 4.78 is 39.8. The smallest absolute Gasteiger partial charge is 0.422 e. The summed E-state index contributed by atoms with van der Waals surface area (Å²) in [5, 5.41) is 3.23. The van der Waals surface area contributed by atoms with E-state index in [4.69, 9.17) is 5.53 Å². The molecule has 0 saturated heterocycles. The van der Waals surface area contributed by atoms with Crippen LogP contribution in [0.5, 0.6) is 5.75 Å². The average molecular weight is 217 g/mol. The van der Waals surface area contributed by atoms with Crippen LogP contribution in [-0.2, 0) is 0 Å². The SMILES string of the molecule is [N-]=[N+]=Nc1cccc(OCC(F)(F)F)c1. The van der Waals surface area contributed by atoms with Crippen molar-refractivity contribution in [2.24, 2.45) is 5.11 Å². The summed E-state index contributed by atoms with van der Waals surface area (Å²) in [5.74, 6) is 0.0113. The minimum absolute atomic E-state index is 0.0113. The van der Waals surface area contributed by atoms with Gasteiger partial charge in [-0.05, 0) is 17.7 Å². The Hall–Kier alpha value is -1.88. The predicted octanol–water partition coefficient (Wildman–Crippen LogP) is 3.57. The molecule has 0 unspecified atom stereocenters. The van der Waals surface area contributed by atoms with Gasteiger partial charge in [0.2, 0.25) is 0 Å². The highest BCUT2D eigenvalue weighted by Gasteiger charge is 2.28. The highest BCUT2D eigenvalue weighted by Crippen LogP contribution is 2.22. The molecule has 0 spiro atoms. The minimum atomic E-state index is -4.38. The fourth-order valence-electron chi connectivity index (χ4n) is 0.852. The normalized spacial score (nSPS) is 10.6. The van der Waals surface area contributed by atoms with Crippen molar-refractivity contribution in [3.8, 4) is 5.75 Å².